The van der Waals surface area contributed by atoms with Gasteiger partial charge >= 0.3 is 11.9 Å². The molecule has 0 saturated heterocycles. The Hall–Kier alpha value is -4.94. The number of nitrogens with two attached hydrogens (primary N) is 1. The minimum Gasteiger partial charge on any atom is -0.458 e. The monoisotopic (exact) mass is 553 g/mol. The summed E-state index contributed by atoms with van der Waals surface area (Å²) in [4.78, 5) is 39.0. The molecule has 4 rings (SSSR count). The fraction of sp³-hybridized carbons (Fsp3) is 0.250. The molecule has 3 aromatic carbocycles. The number of aryl methyl sites for hydroxylation is 1. The zero-order chi connectivity index (χ0) is 29.4. The van der Waals surface area contributed by atoms with E-state index in [0.29, 0.717) is 22.4 Å². The Bertz CT molecular complexity index is 1490. The summed E-state index contributed by atoms with van der Waals surface area (Å²) in [7, 11) is 0. The number of cyclic esters (lactones) is 1. The van der Waals surface area contributed by atoms with Gasteiger partial charge in [-0.25, -0.2) is 9.59 Å². The lowest BCUT2D eigenvalue weighted by molar-refractivity contribution is -0.119. The average molecular weight is 554 g/mol. The molecule has 0 fully saturated rings. The number of nitrogens with zero attached hydrogens (tertiary/aromatic N) is 2. The molecule has 2 N–H and O–H groups in total. The number of hydrogen-bond donors (Lipinski definition) is 1. The van der Waals surface area contributed by atoms with Crippen molar-refractivity contribution in [2.45, 2.75) is 38.6 Å². The van der Waals surface area contributed by atoms with Crippen LogP contribution >= 0.6 is 0 Å². The molecule has 41 heavy (non-hydrogen) atoms. The number of anilines is 1. The molecule has 1 aliphatic heterocycles. The Balaban J connectivity index is 1.60. The lowest BCUT2D eigenvalue weighted by Crippen LogP contribution is -2.52. The fourth-order valence-electron chi connectivity index (χ4n) is 4.71. The van der Waals surface area contributed by atoms with Crippen molar-refractivity contribution in [2.75, 3.05) is 18.1 Å². The molecule has 0 spiro atoms. The zero-order valence-corrected chi connectivity index (χ0v) is 22.7. The average Bonchev–Trinajstić information content (AvgIpc) is 3.34. The Morgan fingerprint density at radius 2 is 1.93 bits per heavy atom. The van der Waals surface area contributed by atoms with Crippen molar-refractivity contribution in [1.82, 2.24) is 0 Å². The van der Waals surface area contributed by atoms with Crippen molar-refractivity contribution in [3.05, 3.63) is 113 Å². The number of benzene rings is 3. The van der Waals surface area contributed by atoms with Gasteiger partial charge in [-0.1, -0.05) is 60.7 Å². The maximum atomic E-state index is 12.9. The first-order valence-electron chi connectivity index (χ1n) is 13.1. The molecule has 2 atom stereocenters. The molecular formula is C32H31N3O6. The molecule has 1 amide bonds. The minimum absolute atomic E-state index is 0.0826. The predicted octanol–water partition coefficient (Wildman–Crippen LogP) is 4.02. The second-order valence-corrected chi connectivity index (χ2v) is 9.68. The van der Waals surface area contributed by atoms with Crippen LogP contribution in [0.4, 0.5) is 5.69 Å². The topological polar surface area (TPSA) is 132 Å². The first kappa shape index (κ1) is 29.1. The van der Waals surface area contributed by atoms with E-state index in [-0.39, 0.29) is 32.8 Å². The second-order valence-electron chi connectivity index (χ2n) is 9.68. The first-order chi connectivity index (χ1) is 19.8. The highest BCUT2D eigenvalue weighted by atomic mass is 16.5. The molecule has 210 valence electrons. The third-order valence-corrected chi connectivity index (χ3v) is 6.67. The highest BCUT2D eigenvalue weighted by Crippen LogP contribution is 2.29. The number of nitriles is 1. The Labute approximate surface area is 238 Å². The van der Waals surface area contributed by atoms with Gasteiger partial charge < -0.3 is 24.8 Å². The van der Waals surface area contributed by atoms with Crippen LogP contribution in [-0.2, 0) is 38.6 Å². The van der Waals surface area contributed by atoms with E-state index in [9.17, 15) is 19.6 Å². The number of esters is 2. The van der Waals surface area contributed by atoms with E-state index in [0.717, 1.165) is 16.7 Å². The van der Waals surface area contributed by atoms with Crippen molar-refractivity contribution in [1.29, 1.82) is 5.26 Å². The van der Waals surface area contributed by atoms with E-state index in [2.05, 4.69) is 12.6 Å². The molecule has 0 radical (unpaired) electrons. The number of rotatable bonds is 13. The largest absolute Gasteiger partial charge is 0.458 e. The van der Waals surface area contributed by atoms with E-state index < -0.39 is 29.9 Å². The minimum atomic E-state index is -0.937. The number of amides is 1. The number of hydrogen-bond acceptors (Lipinski definition) is 8. The molecule has 0 saturated carbocycles. The van der Waals surface area contributed by atoms with Crippen LogP contribution in [0.5, 0.6) is 0 Å². The summed E-state index contributed by atoms with van der Waals surface area (Å²) in [5.74, 6) is -1.57. The van der Waals surface area contributed by atoms with Crippen LogP contribution < -0.4 is 10.6 Å². The van der Waals surface area contributed by atoms with E-state index in [4.69, 9.17) is 19.9 Å². The van der Waals surface area contributed by atoms with Crippen molar-refractivity contribution < 1.29 is 28.6 Å². The van der Waals surface area contributed by atoms with Crippen LogP contribution in [0.2, 0.25) is 0 Å². The van der Waals surface area contributed by atoms with Crippen molar-refractivity contribution >= 4 is 23.5 Å². The van der Waals surface area contributed by atoms with Gasteiger partial charge in [-0.05, 0) is 42.3 Å². The van der Waals surface area contributed by atoms with E-state index in [1.807, 2.05) is 31.2 Å². The maximum Gasteiger partial charge on any atom is 0.338 e. The lowest BCUT2D eigenvalue weighted by atomic mass is 9.99. The van der Waals surface area contributed by atoms with Crippen molar-refractivity contribution in [3.63, 3.8) is 0 Å². The fourth-order valence-corrected chi connectivity index (χ4v) is 4.71. The molecule has 0 unspecified atom stereocenters. The Morgan fingerprint density at radius 1 is 1.15 bits per heavy atom. The Morgan fingerprint density at radius 3 is 2.66 bits per heavy atom. The predicted molar refractivity (Wildman–Crippen MR) is 152 cm³/mol. The summed E-state index contributed by atoms with van der Waals surface area (Å²) in [5.41, 5.74) is 10.5. The normalized spacial score (nSPS) is 13.3. The van der Waals surface area contributed by atoms with Crippen LogP contribution in [0.1, 0.15) is 43.0 Å². The molecular weight excluding hydrogens is 522 g/mol. The van der Waals surface area contributed by atoms with Crippen LogP contribution in [0, 0.1) is 18.3 Å². The van der Waals surface area contributed by atoms with Gasteiger partial charge in [0.1, 0.15) is 25.3 Å². The summed E-state index contributed by atoms with van der Waals surface area (Å²) in [6.07, 6.45) is 1.73. The number of carbonyl (C=O) groups is 3. The number of fused-ring (bicyclic) bond motifs is 1. The standard InChI is InChI=1S/C32H31N3O6/c1-3-12-40-31(37)24-9-5-8-23(14-24)18-39-20-27(17-33)35(26-11-10-25-19-41-32(38)28(25)16-26)29(30(34)36)15-22-7-4-6-21(2)13-22/h3-11,13-14,16,27,29H,1,12,15,18-20H2,2H3,(H2,34,36)/t27-,29-/m0/s1. The Kier molecular flexibility index (Phi) is 9.51. The number of carbonyl (C=O) groups excluding carboxylic acids is 3. The van der Waals surface area contributed by atoms with Crippen LogP contribution in [0.3, 0.4) is 0 Å². The van der Waals surface area contributed by atoms with Gasteiger partial charge in [-0.2, -0.15) is 5.26 Å². The van der Waals surface area contributed by atoms with Crippen molar-refractivity contribution in [3.8, 4) is 6.07 Å². The molecule has 1 heterocycles. The van der Waals surface area contributed by atoms with Gasteiger partial charge in [0.2, 0.25) is 5.91 Å². The van der Waals surface area contributed by atoms with Crippen LogP contribution in [0.25, 0.3) is 0 Å². The van der Waals surface area contributed by atoms with E-state index >= 15 is 0 Å². The quantitative estimate of drug-likeness (QED) is 0.248. The molecule has 3 aromatic rings. The van der Waals surface area contributed by atoms with Crippen LogP contribution in [-0.4, -0.2) is 43.1 Å². The summed E-state index contributed by atoms with van der Waals surface area (Å²) in [6, 6.07) is 20.0. The first-order valence-corrected chi connectivity index (χ1v) is 13.1. The smallest absolute Gasteiger partial charge is 0.338 e. The zero-order valence-electron chi connectivity index (χ0n) is 22.7. The molecule has 9 nitrogen and oxygen atoms in total. The summed E-state index contributed by atoms with van der Waals surface area (Å²) in [5, 5.41) is 10.3. The number of primary amides is 1. The summed E-state index contributed by atoms with van der Waals surface area (Å²) in [6.45, 7) is 5.78. The van der Waals surface area contributed by atoms with Crippen LogP contribution in [0.15, 0.2) is 79.4 Å². The van der Waals surface area contributed by atoms with Gasteiger partial charge in [-0.3, -0.25) is 4.79 Å². The van der Waals surface area contributed by atoms with Crippen molar-refractivity contribution in [2.24, 2.45) is 5.73 Å². The molecule has 0 bridgehead atoms. The van der Waals surface area contributed by atoms with Gasteiger partial charge in [0.25, 0.3) is 0 Å². The van der Waals surface area contributed by atoms with Gasteiger partial charge in [0.05, 0.1) is 30.4 Å². The summed E-state index contributed by atoms with van der Waals surface area (Å²) >= 11 is 0. The summed E-state index contributed by atoms with van der Waals surface area (Å²) < 4.78 is 16.2. The SMILES string of the molecule is C=CCOC(=O)c1cccc(COC[C@H](C#N)N(c2ccc3c(c2)C(=O)OC3)[C@@H](Cc2cccc(C)c2)C(N)=O)c1. The second kappa shape index (κ2) is 13.4. The molecule has 1 aliphatic rings. The lowest BCUT2D eigenvalue weighted by Gasteiger charge is -2.35. The molecule has 0 aliphatic carbocycles. The molecule has 0 aromatic heterocycles. The van der Waals surface area contributed by atoms with E-state index in [1.54, 1.807) is 47.4 Å². The maximum absolute atomic E-state index is 12.9. The highest BCUT2D eigenvalue weighted by molar-refractivity contribution is 5.95. The van der Waals surface area contributed by atoms with Gasteiger partial charge in [0, 0.05) is 17.7 Å². The van der Waals surface area contributed by atoms with E-state index in [1.165, 1.54) is 6.08 Å². The third kappa shape index (κ3) is 7.18. The molecule has 9 heteroatoms. The highest BCUT2D eigenvalue weighted by Gasteiger charge is 2.33. The third-order valence-electron chi connectivity index (χ3n) is 6.67. The van der Waals surface area contributed by atoms with Gasteiger partial charge in [0.15, 0.2) is 0 Å². The number of ether oxygens (including phenoxy) is 3. The van der Waals surface area contributed by atoms with Gasteiger partial charge in [-0.15, -0.1) is 0 Å².